The van der Waals surface area contributed by atoms with Gasteiger partial charge < -0.3 is 4.48 Å². The van der Waals surface area contributed by atoms with Gasteiger partial charge in [-0.25, -0.2) is 5.01 Å². The predicted molar refractivity (Wildman–Crippen MR) is 76.7 cm³/mol. The van der Waals surface area contributed by atoms with Crippen LogP contribution in [0.25, 0.3) is 0 Å². The number of hydrogen-bond acceptors (Lipinski definition) is 2. The number of carbonyl (C=O) groups excluding carboxylic acids is 1. The Bertz CT molecular complexity index is 429. The average molecular weight is 262 g/mol. The van der Waals surface area contributed by atoms with Crippen molar-refractivity contribution in [3.8, 4) is 0 Å². The van der Waals surface area contributed by atoms with Crippen molar-refractivity contribution in [2.24, 2.45) is 0 Å². The van der Waals surface area contributed by atoms with E-state index in [1.807, 2.05) is 29.3 Å². The van der Waals surface area contributed by atoms with Gasteiger partial charge in [0.15, 0.2) is 0 Å². The van der Waals surface area contributed by atoms with Gasteiger partial charge in [0.05, 0.1) is 40.3 Å². The Labute approximate surface area is 115 Å². The van der Waals surface area contributed by atoms with E-state index < -0.39 is 0 Å². The highest BCUT2D eigenvalue weighted by molar-refractivity contribution is 5.93. The predicted octanol–water partition coefficient (Wildman–Crippen LogP) is 1.29. The second kappa shape index (κ2) is 5.72. The maximum absolute atomic E-state index is 12.1. The summed E-state index contributed by atoms with van der Waals surface area (Å²) in [7, 11) is 4.45. The van der Waals surface area contributed by atoms with Crippen LogP contribution in [0.4, 0.5) is 0 Å². The molecule has 0 bridgehead atoms. The normalized spacial score (nSPS) is 19.1. The number of rotatable bonds is 3. The third-order valence-corrected chi connectivity index (χ3v) is 3.83. The molecule has 1 aliphatic heterocycles. The van der Waals surface area contributed by atoms with Crippen molar-refractivity contribution < 1.29 is 9.28 Å². The second-order valence-electron chi connectivity index (χ2n) is 5.86. The van der Waals surface area contributed by atoms with E-state index in [1.165, 1.54) is 5.56 Å². The highest BCUT2D eigenvalue weighted by atomic mass is 16.2. The number of hydrogen-bond donors (Lipinski definition) is 1. The molecule has 1 N–H and O–H groups in total. The zero-order valence-corrected chi connectivity index (χ0v) is 12.1. The first-order chi connectivity index (χ1) is 9.00. The summed E-state index contributed by atoms with van der Waals surface area (Å²) in [6.07, 6.45) is 1.00. The van der Waals surface area contributed by atoms with Gasteiger partial charge in [-0.05, 0) is 24.1 Å². The van der Waals surface area contributed by atoms with Crippen LogP contribution in [-0.2, 0) is 6.42 Å². The van der Waals surface area contributed by atoms with Crippen LogP contribution in [0.15, 0.2) is 24.3 Å². The van der Waals surface area contributed by atoms with E-state index in [0.717, 1.165) is 42.6 Å². The van der Waals surface area contributed by atoms with Crippen LogP contribution < -0.4 is 5.43 Å². The summed E-state index contributed by atoms with van der Waals surface area (Å²) in [4.78, 5) is 12.1. The van der Waals surface area contributed by atoms with Crippen molar-refractivity contribution in [2.45, 2.75) is 13.3 Å². The van der Waals surface area contributed by atoms with Gasteiger partial charge in [0.2, 0.25) is 0 Å². The molecule has 1 heterocycles. The van der Waals surface area contributed by atoms with E-state index >= 15 is 0 Å². The molecule has 1 aromatic carbocycles. The highest BCUT2D eigenvalue weighted by Gasteiger charge is 2.25. The van der Waals surface area contributed by atoms with Gasteiger partial charge in [0.25, 0.3) is 5.91 Å². The van der Waals surface area contributed by atoms with Crippen molar-refractivity contribution >= 4 is 5.91 Å². The van der Waals surface area contributed by atoms with E-state index in [4.69, 9.17) is 0 Å². The van der Waals surface area contributed by atoms with Gasteiger partial charge in [0, 0.05) is 5.56 Å². The number of likely N-dealkylation sites (N-methyl/N-ethyl adjacent to an activating group) is 1. The summed E-state index contributed by atoms with van der Waals surface area (Å²) < 4.78 is 1.03. The zero-order valence-electron chi connectivity index (χ0n) is 12.1. The molecule has 0 atom stereocenters. The van der Waals surface area contributed by atoms with Crippen LogP contribution in [0.1, 0.15) is 22.8 Å². The lowest BCUT2D eigenvalue weighted by Gasteiger charge is -2.38. The number of amides is 1. The van der Waals surface area contributed by atoms with Crippen LogP contribution in [0, 0.1) is 0 Å². The second-order valence-corrected chi connectivity index (χ2v) is 5.86. The van der Waals surface area contributed by atoms with E-state index in [1.54, 1.807) is 0 Å². The van der Waals surface area contributed by atoms with Gasteiger partial charge in [-0.2, -0.15) is 0 Å². The van der Waals surface area contributed by atoms with Crippen molar-refractivity contribution in [2.75, 3.05) is 40.3 Å². The number of hydrazine groups is 1. The Morgan fingerprint density at radius 3 is 2.32 bits per heavy atom. The summed E-state index contributed by atoms with van der Waals surface area (Å²) in [5, 5.41) is 2.03. The minimum atomic E-state index is -0.00476. The summed E-state index contributed by atoms with van der Waals surface area (Å²) in [6, 6.07) is 7.84. The molecule has 4 heteroatoms. The molecule has 104 valence electrons. The highest BCUT2D eigenvalue weighted by Crippen LogP contribution is 2.07. The summed E-state index contributed by atoms with van der Waals surface area (Å²) >= 11 is 0. The molecule has 1 saturated heterocycles. The molecule has 0 aromatic heterocycles. The number of benzene rings is 1. The molecule has 0 unspecified atom stereocenters. The molecule has 0 spiro atoms. The lowest BCUT2D eigenvalue weighted by molar-refractivity contribution is -0.894. The van der Waals surface area contributed by atoms with Gasteiger partial charge in [-0.1, -0.05) is 19.1 Å². The molecule has 19 heavy (non-hydrogen) atoms. The van der Waals surface area contributed by atoms with Crippen molar-refractivity contribution in [1.29, 1.82) is 0 Å². The number of quaternary nitrogens is 1. The first kappa shape index (κ1) is 14.0. The van der Waals surface area contributed by atoms with E-state index in [0.29, 0.717) is 0 Å². The fraction of sp³-hybridized carbons (Fsp3) is 0.533. The number of piperazine rings is 1. The molecular weight excluding hydrogens is 238 g/mol. The summed E-state index contributed by atoms with van der Waals surface area (Å²) in [5.41, 5.74) is 4.99. The van der Waals surface area contributed by atoms with Crippen molar-refractivity contribution in [3.63, 3.8) is 0 Å². The monoisotopic (exact) mass is 262 g/mol. The van der Waals surface area contributed by atoms with Crippen LogP contribution in [0.5, 0.6) is 0 Å². The van der Waals surface area contributed by atoms with Gasteiger partial charge in [-0.15, -0.1) is 0 Å². The minimum Gasteiger partial charge on any atom is -0.326 e. The zero-order chi connectivity index (χ0) is 13.9. The topological polar surface area (TPSA) is 32.3 Å². The van der Waals surface area contributed by atoms with Gasteiger partial charge >= 0.3 is 0 Å². The van der Waals surface area contributed by atoms with E-state index in [-0.39, 0.29) is 5.91 Å². The third-order valence-electron chi connectivity index (χ3n) is 3.83. The quantitative estimate of drug-likeness (QED) is 0.833. The maximum Gasteiger partial charge on any atom is 0.265 e. The van der Waals surface area contributed by atoms with Crippen LogP contribution in [-0.4, -0.2) is 55.7 Å². The molecular formula is C15H24N3O+. The standard InChI is InChI=1S/C15H23N3O/c1-4-13-5-7-14(8-6-13)15(19)16-17-9-11-18(2,3)12-10-17/h5-8H,4,9-12H2,1-3H3/p+1. The first-order valence-corrected chi connectivity index (χ1v) is 6.97. The van der Waals surface area contributed by atoms with Crippen LogP contribution in [0.2, 0.25) is 0 Å². The van der Waals surface area contributed by atoms with Crippen LogP contribution in [0.3, 0.4) is 0 Å². The number of carbonyl (C=O) groups is 1. The fourth-order valence-corrected chi connectivity index (χ4v) is 2.22. The van der Waals surface area contributed by atoms with Crippen molar-refractivity contribution in [3.05, 3.63) is 35.4 Å². The molecule has 1 fully saturated rings. The van der Waals surface area contributed by atoms with E-state index in [9.17, 15) is 4.79 Å². The molecule has 0 aliphatic carbocycles. The van der Waals surface area contributed by atoms with E-state index in [2.05, 4.69) is 26.4 Å². The first-order valence-electron chi connectivity index (χ1n) is 6.97. The Balaban J connectivity index is 1.90. The third kappa shape index (κ3) is 3.78. The molecule has 1 amide bonds. The number of nitrogens with one attached hydrogen (secondary N) is 1. The number of aryl methyl sites for hydroxylation is 1. The summed E-state index contributed by atoms with van der Waals surface area (Å²) in [6.45, 7) is 6.06. The molecule has 0 saturated carbocycles. The Kier molecular flexibility index (Phi) is 4.22. The molecule has 4 nitrogen and oxygen atoms in total. The molecule has 2 rings (SSSR count). The lowest BCUT2D eigenvalue weighted by atomic mass is 10.1. The van der Waals surface area contributed by atoms with Gasteiger partial charge in [0.1, 0.15) is 0 Å². The molecule has 1 aromatic rings. The molecule has 1 aliphatic rings. The lowest BCUT2D eigenvalue weighted by Crippen LogP contribution is -2.59. The minimum absolute atomic E-state index is 0.00476. The Morgan fingerprint density at radius 1 is 1.21 bits per heavy atom. The fourth-order valence-electron chi connectivity index (χ4n) is 2.22. The van der Waals surface area contributed by atoms with Gasteiger partial charge in [-0.3, -0.25) is 10.2 Å². The average Bonchev–Trinajstić information content (AvgIpc) is 2.41. The largest absolute Gasteiger partial charge is 0.326 e. The van der Waals surface area contributed by atoms with Crippen LogP contribution >= 0.6 is 0 Å². The Hall–Kier alpha value is -1.39. The maximum atomic E-state index is 12.1. The Morgan fingerprint density at radius 2 is 1.79 bits per heavy atom. The molecule has 0 radical (unpaired) electrons. The SMILES string of the molecule is CCc1ccc(C(=O)NN2CC[N+](C)(C)CC2)cc1. The van der Waals surface area contributed by atoms with Crippen molar-refractivity contribution in [1.82, 2.24) is 10.4 Å². The summed E-state index contributed by atoms with van der Waals surface area (Å²) in [5.74, 6) is -0.00476. The number of nitrogens with zero attached hydrogens (tertiary/aromatic N) is 2. The smallest absolute Gasteiger partial charge is 0.265 e.